The largest absolute Gasteiger partial charge is 0.508 e. The summed E-state index contributed by atoms with van der Waals surface area (Å²) in [7, 11) is 0. The maximum Gasteiger partial charge on any atom is 0.229 e. The monoisotopic (exact) mass is 525 g/mol. The summed E-state index contributed by atoms with van der Waals surface area (Å²) in [5.41, 5.74) is 4.89. The smallest absolute Gasteiger partial charge is 0.229 e. The number of aryl methyl sites for hydroxylation is 1. The molecule has 1 aliphatic rings. The standard InChI is InChI=1S/C31H39N7O/c1-4-6-9-24-10-7-8-11-27(24)33-29-28-30(38(22-32-28)17-16-23(3)5-2)35-31(34-29)37-20-18-36(19-21-37)25-12-14-26(39)15-13-25/h6-15,22-23,39H,4-5,16-21H2,1-3H3,(H,33,34,35)/b9-6+. The van der Waals surface area contributed by atoms with Crippen molar-refractivity contribution in [1.29, 1.82) is 0 Å². The minimum absolute atomic E-state index is 0.288. The molecule has 0 bridgehead atoms. The van der Waals surface area contributed by atoms with E-state index in [1.807, 2.05) is 24.5 Å². The van der Waals surface area contributed by atoms with E-state index in [2.05, 4.69) is 70.8 Å². The van der Waals surface area contributed by atoms with Gasteiger partial charge in [-0.05, 0) is 54.7 Å². The van der Waals surface area contributed by atoms with E-state index in [9.17, 15) is 5.11 Å². The van der Waals surface area contributed by atoms with Crippen molar-refractivity contribution in [3.63, 3.8) is 0 Å². The number of hydrogen-bond acceptors (Lipinski definition) is 7. The van der Waals surface area contributed by atoms with Crippen molar-refractivity contribution >= 4 is 40.4 Å². The number of imidazole rings is 1. The number of aromatic nitrogens is 4. The SMILES string of the molecule is CC/C=C/c1ccccc1Nc1nc(N2CCN(c3ccc(O)cc3)CC2)nc2c1ncn2CCC(C)CC. The number of rotatable bonds is 10. The molecule has 8 nitrogen and oxygen atoms in total. The fraction of sp³-hybridized carbons (Fsp3) is 0.387. The lowest BCUT2D eigenvalue weighted by Crippen LogP contribution is -2.47. The van der Waals surface area contributed by atoms with E-state index in [-0.39, 0.29) is 5.75 Å². The number of piperazine rings is 1. The fourth-order valence-corrected chi connectivity index (χ4v) is 4.85. The van der Waals surface area contributed by atoms with Gasteiger partial charge in [0.1, 0.15) is 5.75 Å². The van der Waals surface area contributed by atoms with Crippen molar-refractivity contribution in [3.05, 3.63) is 66.5 Å². The van der Waals surface area contributed by atoms with Crippen LogP contribution in [0, 0.1) is 5.92 Å². The maximum absolute atomic E-state index is 9.65. The zero-order valence-electron chi connectivity index (χ0n) is 23.2. The second-order valence-electron chi connectivity index (χ2n) is 10.3. The normalized spacial score (nSPS) is 14.8. The zero-order valence-corrected chi connectivity index (χ0v) is 23.2. The summed E-state index contributed by atoms with van der Waals surface area (Å²) in [6.07, 6.45) is 9.44. The van der Waals surface area contributed by atoms with Gasteiger partial charge < -0.3 is 24.8 Å². The van der Waals surface area contributed by atoms with E-state index >= 15 is 0 Å². The molecule has 39 heavy (non-hydrogen) atoms. The predicted octanol–water partition coefficient (Wildman–Crippen LogP) is 6.46. The summed E-state index contributed by atoms with van der Waals surface area (Å²) in [4.78, 5) is 19.4. The number of anilines is 4. The second-order valence-corrected chi connectivity index (χ2v) is 10.3. The lowest BCUT2D eigenvalue weighted by Gasteiger charge is -2.36. The third kappa shape index (κ3) is 6.16. The van der Waals surface area contributed by atoms with E-state index in [1.54, 1.807) is 12.1 Å². The molecule has 1 atom stereocenters. The van der Waals surface area contributed by atoms with Crippen LogP contribution < -0.4 is 15.1 Å². The fourth-order valence-electron chi connectivity index (χ4n) is 4.85. The van der Waals surface area contributed by atoms with Crippen molar-refractivity contribution in [2.45, 2.75) is 46.6 Å². The zero-order chi connectivity index (χ0) is 27.2. The Labute approximate surface area is 231 Å². The van der Waals surface area contributed by atoms with Gasteiger partial charge in [-0.2, -0.15) is 9.97 Å². The number of allylic oxidation sites excluding steroid dienone is 1. The number of aromatic hydroxyl groups is 1. The molecule has 4 aromatic rings. The third-order valence-electron chi connectivity index (χ3n) is 7.54. The minimum Gasteiger partial charge on any atom is -0.508 e. The Kier molecular flexibility index (Phi) is 8.30. The summed E-state index contributed by atoms with van der Waals surface area (Å²) >= 11 is 0. The summed E-state index contributed by atoms with van der Waals surface area (Å²) in [5, 5.41) is 13.2. The number of phenols is 1. The Bertz CT molecular complexity index is 1400. The van der Waals surface area contributed by atoms with Gasteiger partial charge in [0.25, 0.3) is 0 Å². The van der Waals surface area contributed by atoms with E-state index < -0.39 is 0 Å². The van der Waals surface area contributed by atoms with Crippen molar-refractivity contribution in [2.75, 3.05) is 41.3 Å². The molecule has 1 unspecified atom stereocenters. The lowest BCUT2D eigenvalue weighted by molar-refractivity contribution is 0.472. The molecule has 0 spiro atoms. The molecule has 0 radical (unpaired) electrons. The first-order valence-electron chi connectivity index (χ1n) is 14.1. The number of para-hydroxylation sites is 1. The number of benzene rings is 2. The van der Waals surface area contributed by atoms with Crippen molar-refractivity contribution in [2.24, 2.45) is 5.92 Å². The van der Waals surface area contributed by atoms with Gasteiger partial charge in [-0.15, -0.1) is 0 Å². The molecular formula is C31H39N7O. The second kappa shape index (κ2) is 12.2. The van der Waals surface area contributed by atoms with E-state index in [0.717, 1.165) is 91.9 Å². The van der Waals surface area contributed by atoms with Crippen LogP contribution in [-0.4, -0.2) is 50.8 Å². The highest BCUT2D eigenvalue weighted by molar-refractivity contribution is 5.88. The number of fused-ring (bicyclic) bond motifs is 1. The molecule has 0 saturated carbocycles. The average Bonchev–Trinajstić information content (AvgIpc) is 3.39. The first-order valence-corrected chi connectivity index (χ1v) is 14.1. The van der Waals surface area contributed by atoms with Crippen LogP contribution in [0.1, 0.15) is 45.6 Å². The minimum atomic E-state index is 0.288. The maximum atomic E-state index is 9.65. The highest BCUT2D eigenvalue weighted by atomic mass is 16.3. The number of phenolic OH excluding ortho intramolecular Hbond substituents is 1. The predicted molar refractivity (Wildman–Crippen MR) is 161 cm³/mol. The molecule has 1 saturated heterocycles. The molecule has 8 heteroatoms. The van der Waals surface area contributed by atoms with Gasteiger partial charge in [-0.25, -0.2) is 4.98 Å². The molecule has 1 aliphatic heterocycles. The van der Waals surface area contributed by atoms with Crippen LogP contribution >= 0.6 is 0 Å². The topological polar surface area (TPSA) is 82.3 Å². The summed E-state index contributed by atoms with van der Waals surface area (Å²) in [6.45, 7) is 10.9. The molecule has 0 aliphatic carbocycles. The van der Waals surface area contributed by atoms with Crippen LogP contribution in [0.15, 0.2) is 60.9 Å². The molecule has 2 N–H and O–H groups in total. The Morgan fingerprint density at radius 2 is 1.72 bits per heavy atom. The molecule has 204 valence electrons. The quantitative estimate of drug-likeness (QED) is 0.246. The van der Waals surface area contributed by atoms with Crippen LogP contribution in [0.2, 0.25) is 0 Å². The van der Waals surface area contributed by atoms with Crippen LogP contribution in [0.3, 0.4) is 0 Å². The highest BCUT2D eigenvalue weighted by Gasteiger charge is 2.23. The van der Waals surface area contributed by atoms with Gasteiger partial charge >= 0.3 is 0 Å². The summed E-state index contributed by atoms with van der Waals surface area (Å²) in [6, 6.07) is 15.7. The lowest BCUT2D eigenvalue weighted by atomic mass is 10.1. The van der Waals surface area contributed by atoms with Crippen molar-refractivity contribution in [3.8, 4) is 5.75 Å². The highest BCUT2D eigenvalue weighted by Crippen LogP contribution is 2.29. The first-order chi connectivity index (χ1) is 19.1. The van der Waals surface area contributed by atoms with Gasteiger partial charge in [0.05, 0.1) is 6.33 Å². The third-order valence-corrected chi connectivity index (χ3v) is 7.54. The number of hydrogen-bond donors (Lipinski definition) is 2. The molecule has 0 amide bonds. The van der Waals surface area contributed by atoms with Gasteiger partial charge in [-0.3, -0.25) is 0 Å². The molecule has 3 heterocycles. The van der Waals surface area contributed by atoms with Gasteiger partial charge in [0.15, 0.2) is 17.0 Å². The van der Waals surface area contributed by atoms with Gasteiger partial charge in [-0.1, -0.05) is 57.5 Å². The summed E-state index contributed by atoms with van der Waals surface area (Å²) < 4.78 is 2.17. The number of nitrogens with one attached hydrogen (secondary N) is 1. The molecule has 2 aromatic heterocycles. The van der Waals surface area contributed by atoms with Gasteiger partial charge in [0, 0.05) is 44.1 Å². The molecular weight excluding hydrogens is 486 g/mol. The van der Waals surface area contributed by atoms with E-state index in [4.69, 9.17) is 15.0 Å². The number of nitrogens with zero attached hydrogens (tertiary/aromatic N) is 6. The van der Waals surface area contributed by atoms with Crippen LogP contribution in [-0.2, 0) is 6.54 Å². The van der Waals surface area contributed by atoms with E-state index in [1.165, 1.54) is 0 Å². The average molecular weight is 526 g/mol. The molecule has 5 rings (SSSR count). The Balaban J connectivity index is 1.46. The Morgan fingerprint density at radius 1 is 0.974 bits per heavy atom. The van der Waals surface area contributed by atoms with Crippen LogP contribution in [0.5, 0.6) is 5.75 Å². The molecule has 1 fully saturated rings. The summed E-state index contributed by atoms with van der Waals surface area (Å²) in [5.74, 6) is 2.39. The molecule has 2 aromatic carbocycles. The Hall–Kier alpha value is -4.07. The van der Waals surface area contributed by atoms with E-state index in [0.29, 0.717) is 5.92 Å². The van der Waals surface area contributed by atoms with Crippen LogP contribution in [0.25, 0.3) is 17.2 Å². The van der Waals surface area contributed by atoms with Crippen molar-refractivity contribution in [1.82, 2.24) is 19.5 Å². The van der Waals surface area contributed by atoms with Gasteiger partial charge in [0.2, 0.25) is 5.95 Å². The van der Waals surface area contributed by atoms with Crippen LogP contribution in [0.4, 0.5) is 23.1 Å². The Morgan fingerprint density at radius 3 is 2.46 bits per heavy atom. The van der Waals surface area contributed by atoms with Crippen molar-refractivity contribution < 1.29 is 5.11 Å². The first kappa shape index (κ1) is 26.5.